The lowest BCUT2D eigenvalue weighted by atomic mass is 10.1. The zero-order chi connectivity index (χ0) is 18.6. The molecule has 1 atom stereocenters. The summed E-state index contributed by atoms with van der Waals surface area (Å²) in [6, 6.07) is 2.11. The number of fused-ring (bicyclic) bond motifs is 1. The number of nitrogens with one attached hydrogen (secondary N) is 1. The molecule has 0 aliphatic carbocycles. The van der Waals surface area contributed by atoms with Crippen molar-refractivity contribution in [3.63, 3.8) is 0 Å². The molecule has 2 aromatic heterocycles. The minimum Gasteiger partial charge on any atom is -0.363 e. The Labute approximate surface area is 159 Å². The summed E-state index contributed by atoms with van der Waals surface area (Å²) in [7, 11) is 2.08. The molecule has 0 saturated carbocycles. The van der Waals surface area contributed by atoms with Gasteiger partial charge in [0.2, 0.25) is 5.91 Å². The molecule has 0 radical (unpaired) electrons. The van der Waals surface area contributed by atoms with Crippen LogP contribution in [0.3, 0.4) is 0 Å². The molecule has 0 spiro atoms. The number of hydrogen-bond donors (Lipinski definition) is 1. The van der Waals surface area contributed by atoms with Crippen LogP contribution in [0.5, 0.6) is 0 Å². The van der Waals surface area contributed by atoms with Crippen molar-refractivity contribution in [1.29, 1.82) is 0 Å². The molecule has 4 heterocycles. The second-order valence-electron chi connectivity index (χ2n) is 7.40. The third-order valence-corrected chi connectivity index (χ3v) is 5.48. The monoisotopic (exact) mass is 369 g/mol. The van der Waals surface area contributed by atoms with Gasteiger partial charge in [-0.3, -0.25) is 19.4 Å². The summed E-state index contributed by atoms with van der Waals surface area (Å²) < 4.78 is 2.02. The molecule has 144 valence electrons. The fraction of sp³-hybridized carbons (Fsp3) is 0.579. The Morgan fingerprint density at radius 1 is 1.22 bits per heavy atom. The number of rotatable bonds is 4. The lowest BCUT2D eigenvalue weighted by Gasteiger charge is -2.33. The molecule has 8 nitrogen and oxygen atoms in total. The molecule has 0 bridgehead atoms. The zero-order valence-corrected chi connectivity index (χ0v) is 15.8. The Morgan fingerprint density at radius 2 is 2.15 bits per heavy atom. The van der Waals surface area contributed by atoms with Gasteiger partial charge in [0, 0.05) is 18.9 Å². The zero-order valence-electron chi connectivity index (χ0n) is 15.8. The van der Waals surface area contributed by atoms with E-state index in [1.807, 2.05) is 9.58 Å². The summed E-state index contributed by atoms with van der Waals surface area (Å²) in [6.45, 7) is 3.73. The van der Waals surface area contributed by atoms with Crippen LogP contribution >= 0.6 is 0 Å². The SMILES string of the molecule is CN1CCCCC[C@H]1C(=O)N1CCn2nc(CNc3cnccn3)cc2C1. The van der Waals surface area contributed by atoms with Gasteiger partial charge in [-0.15, -0.1) is 0 Å². The molecule has 0 unspecified atom stereocenters. The van der Waals surface area contributed by atoms with Crippen molar-refractivity contribution in [2.45, 2.75) is 51.4 Å². The highest BCUT2D eigenvalue weighted by Gasteiger charge is 2.31. The first-order chi connectivity index (χ1) is 13.2. The van der Waals surface area contributed by atoms with Gasteiger partial charge in [-0.25, -0.2) is 4.98 Å². The Balaban J connectivity index is 1.39. The highest BCUT2D eigenvalue weighted by molar-refractivity contribution is 5.82. The van der Waals surface area contributed by atoms with Crippen LogP contribution in [0.4, 0.5) is 5.82 Å². The standard InChI is InChI=1S/C19H27N7O/c1-24-8-4-2-3-5-17(24)19(27)25-9-10-26-16(14-25)11-15(23-26)12-22-18-13-20-6-7-21-18/h6-7,11,13,17H,2-5,8-10,12,14H2,1H3,(H,21,22)/t17-/m0/s1. The molecule has 2 aliphatic heterocycles. The number of nitrogens with zero attached hydrogens (tertiary/aromatic N) is 6. The van der Waals surface area contributed by atoms with Crippen molar-refractivity contribution in [1.82, 2.24) is 29.5 Å². The van der Waals surface area contributed by atoms with Gasteiger partial charge < -0.3 is 10.2 Å². The molecular weight excluding hydrogens is 342 g/mol. The summed E-state index contributed by atoms with van der Waals surface area (Å²) in [5.74, 6) is 1.00. The number of carbonyl (C=O) groups excluding carboxylic acids is 1. The molecule has 0 aromatic carbocycles. The lowest BCUT2D eigenvalue weighted by molar-refractivity contribution is -0.138. The Kier molecular flexibility index (Phi) is 5.33. The van der Waals surface area contributed by atoms with Gasteiger partial charge in [0.15, 0.2) is 0 Å². The fourth-order valence-electron chi connectivity index (χ4n) is 3.95. The van der Waals surface area contributed by atoms with Crippen LogP contribution in [0, 0.1) is 0 Å². The van der Waals surface area contributed by atoms with E-state index in [4.69, 9.17) is 0 Å². The van der Waals surface area contributed by atoms with Crippen molar-refractivity contribution < 1.29 is 4.79 Å². The first-order valence-corrected chi connectivity index (χ1v) is 9.75. The maximum Gasteiger partial charge on any atom is 0.240 e. The molecule has 1 N–H and O–H groups in total. The van der Waals surface area contributed by atoms with Crippen LogP contribution in [0.2, 0.25) is 0 Å². The molecule has 2 aromatic rings. The minimum atomic E-state index is 0.0276. The van der Waals surface area contributed by atoms with Gasteiger partial charge in [0.05, 0.1) is 43.3 Å². The van der Waals surface area contributed by atoms with Crippen molar-refractivity contribution >= 4 is 11.7 Å². The average Bonchev–Trinajstić information content (AvgIpc) is 2.99. The molecule has 4 rings (SSSR count). The van der Waals surface area contributed by atoms with Crippen molar-refractivity contribution in [3.8, 4) is 0 Å². The smallest absolute Gasteiger partial charge is 0.240 e. The molecule has 27 heavy (non-hydrogen) atoms. The third kappa shape index (κ3) is 4.10. The van der Waals surface area contributed by atoms with Crippen LogP contribution in [0.15, 0.2) is 24.7 Å². The van der Waals surface area contributed by atoms with Crippen LogP contribution in [-0.2, 0) is 24.4 Å². The predicted octanol–water partition coefficient (Wildman–Crippen LogP) is 1.50. The highest BCUT2D eigenvalue weighted by atomic mass is 16.2. The molecule has 8 heteroatoms. The van der Waals surface area contributed by atoms with Crippen LogP contribution in [0.1, 0.15) is 37.1 Å². The first-order valence-electron chi connectivity index (χ1n) is 9.75. The maximum atomic E-state index is 13.1. The molecule has 2 aliphatic rings. The van der Waals surface area contributed by atoms with Crippen molar-refractivity contribution in [2.24, 2.45) is 0 Å². The number of anilines is 1. The average molecular weight is 369 g/mol. The van der Waals surface area contributed by atoms with Crippen LogP contribution in [-0.4, -0.2) is 61.6 Å². The lowest BCUT2D eigenvalue weighted by Crippen LogP contribution is -2.49. The second kappa shape index (κ2) is 8.04. The summed E-state index contributed by atoms with van der Waals surface area (Å²) in [5.41, 5.74) is 2.05. The number of carbonyl (C=O) groups is 1. The Bertz CT molecular complexity index is 776. The quantitative estimate of drug-likeness (QED) is 0.880. The fourth-order valence-corrected chi connectivity index (χ4v) is 3.95. The van der Waals surface area contributed by atoms with Crippen molar-refractivity contribution in [2.75, 3.05) is 25.5 Å². The third-order valence-electron chi connectivity index (χ3n) is 5.48. The molecular formula is C19H27N7O. The van der Waals surface area contributed by atoms with E-state index in [2.05, 4.69) is 38.4 Å². The van der Waals surface area contributed by atoms with E-state index in [1.165, 1.54) is 12.8 Å². The van der Waals surface area contributed by atoms with E-state index in [-0.39, 0.29) is 11.9 Å². The van der Waals surface area contributed by atoms with Crippen LogP contribution in [0.25, 0.3) is 0 Å². The number of amides is 1. The summed E-state index contributed by atoms with van der Waals surface area (Å²) in [4.78, 5) is 25.6. The number of hydrogen-bond acceptors (Lipinski definition) is 6. The predicted molar refractivity (Wildman–Crippen MR) is 102 cm³/mol. The van der Waals surface area contributed by atoms with E-state index >= 15 is 0 Å². The molecule has 1 saturated heterocycles. The van der Waals surface area contributed by atoms with Gasteiger partial charge in [-0.2, -0.15) is 5.10 Å². The first kappa shape index (κ1) is 17.9. The van der Waals surface area contributed by atoms with E-state index < -0.39 is 0 Å². The molecule has 1 amide bonds. The summed E-state index contributed by atoms with van der Waals surface area (Å²) in [5, 5.41) is 7.89. The molecule has 1 fully saturated rings. The Hall–Kier alpha value is -2.48. The summed E-state index contributed by atoms with van der Waals surface area (Å²) in [6.07, 6.45) is 9.54. The summed E-state index contributed by atoms with van der Waals surface area (Å²) >= 11 is 0. The van der Waals surface area contributed by atoms with E-state index in [9.17, 15) is 4.79 Å². The van der Waals surface area contributed by atoms with E-state index in [0.717, 1.165) is 49.7 Å². The largest absolute Gasteiger partial charge is 0.363 e. The second-order valence-corrected chi connectivity index (χ2v) is 7.40. The topological polar surface area (TPSA) is 79.2 Å². The van der Waals surface area contributed by atoms with Gasteiger partial charge in [0.25, 0.3) is 0 Å². The number of aromatic nitrogens is 4. The van der Waals surface area contributed by atoms with Crippen LogP contribution < -0.4 is 5.32 Å². The van der Waals surface area contributed by atoms with E-state index in [1.54, 1.807) is 18.6 Å². The van der Waals surface area contributed by atoms with Gasteiger partial charge in [-0.1, -0.05) is 12.8 Å². The highest BCUT2D eigenvalue weighted by Crippen LogP contribution is 2.21. The Morgan fingerprint density at radius 3 is 3.00 bits per heavy atom. The van der Waals surface area contributed by atoms with E-state index in [0.29, 0.717) is 13.1 Å². The minimum absolute atomic E-state index is 0.0276. The maximum absolute atomic E-state index is 13.1. The van der Waals surface area contributed by atoms with Gasteiger partial charge >= 0.3 is 0 Å². The van der Waals surface area contributed by atoms with Gasteiger partial charge in [0.1, 0.15) is 5.82 Å². The van der Waals surface area contributed by atoms with Gasteiger partial charge in [-0.05, 0) is 32.5 Å². The normalized spacial score (nSPS) is 20.8. The van der Waals surface area contributed by atoms with Crippen molar-refractivity contribution in [3.05, 3.63) is 36.0 Å². The number of likely N-dealkylation sites (tertiary alicyclic amines) is 1. The number of likely N-dealkylation sites (N-methyl/N-ethyl adjacent to an activating group) is 1.